The van der Waals surface area contributed by atoms with Crippen molar-refractivity contribution in [3.05, 3.63) is 53.2 Å². The van der Waals surface area contributed by atoms with E-state index in [2.05, 4.69) is 4.90 Å². The summed E-state index contributed by atoms with van der Waals surface area (Å²) in [6.07, 6.45) is 5.34. The number of fused-ring (bicyclic) bond motifs is 2. The number of carboxylic acid groups (broad SMARTS) is 2. The predicted octanol–water partition coefficient (Wildman–Crippen LogP) is 5.76. The largest absolute Gasteiger partial charge is 0.478 e. The number of amides is 2. The summed E-state index contributed by atoms with van der Waals surface area (Å²) < 4.78 is 13.8. The maximum Gasteiger partial charge on any atom is 0.345 e. The second kappa shape index (κ2) is 19.0. The molecule has 0 aliphatic carbocycles. The molecule has 0 bridgehead atoms. The fraction of sp³-hybridized carbons (Fsp3) is 0.524. The Hall–Kier alpha value is -5.40. The van der Waals surface area contributed by atoms with Gasteiger partial charge in [0.2, 0.25) is 5.78 Å². The van der Waals surface area contributed by atoms with Gasteiger partial charge in [0.1, 0.15) is 11.5 Å². The first kappa shape index (κ1) is 43.3. The van der Waals surface area contributed by atoms with Crippen molar-refractivity contribution in [3.8, 4) is 11.5 Å². The highest BCUT2D eigenvalue weighted by atomic mass is 16.5. The molecule has 1 aliphatic heterocycles. The van der Waals surface area contributed by atoms with E-state index < -0.39 is 53.4 Å². The van der Waals surface area contributed by atoms with Gasteiger partial charge in [-0.05, 0) is 51.0 Å². The Morgan fingerprint density at radius 3 is 1.73 bits per heavy atom. The van der Waals surface area contributed by atoms with Crippen LogP contribution in [0.25, 0.3) is 10.9 Å². The van der Waals surface area contributed by atoms with Gasteiger partial charge < -0.3 is 40.6 Å². The van der Waals surface area contributed by atoms with Gasteiger partial charge in [-0.25, -0.2) is 9.59 Å². The number of hydrogen-bond acceptors (Lipinski definition) is 9. The molecule has 2 aromatic carbocycles. The number of aryl methyl sites for hydroxylation is 1. The van der Waals surface area contributed by atoms with Gasteiger partial charge in [-0.3, -0.25) is 19.2 Å². The van der Waals surface area contributed by atoms with Gasteiger partial charge in [0.25, 0.3) is 17.6 Å². The van der Waals surface area contributed by atoms with Crippen LogP contribution >= 0.6 is 0 Å². The number of aliphatic carboxylic acids is 2. The lowest BCUT2D eigenvalue weighted by Crippen LogP contribution is -2.39. The van der Waals surface area contributed by atoms with Gasteiger partial charge in [-0.15, -0.1) is 0 Å². The zero-order valence-corrected chi connectivity index (χ0v) is 33.2. The normalized spacial score (nSPS) is 16.2. The van der Waals surface area contributed by atoms with E-state index in [0.29, 0.717) is 35.2 Å². The molecule has 14 heteroatoms. The minimum Gasteiger partial charge on any atom is -0.478 e. The number of unbranched alkanes of at least 4 members (excludes halogenated alkanes) is 7. The number of ether oxygens (including phenoxy) is 2. The van der Waals surface area contributed by atoms with Crippen molar-refractivity contribution in [1.29, 1.82) is 0 Å². The standard InChI is InChI=1S/C42H56N4O10/c1-23(2)37(41(51)52)55-29-19-15-17-27-33(29)31(35(47)39(43)49)25(5)45(27)21-13-11-9-7-8-10-12-14-22-46-26(6)32(36(48)40(44)50)34-28(46)18-16-20-30(34)56-38(24(3)4)42(53)54/h15-20,23-25,31,37-38H,7-14,21-22H2,1-6H3,(H2,43,49)(H2,44,50)(H,51,52)(H,53,54). The monoisotopic (exact) mass is 776 g/mol. The molecule has 4 rings (SSSR count). The van der Waals surface area contributed by atoms with E-state index in [1.165, 1.54) is 0 Å². The molecule has 0 fully saturated rings. The van der Waals surface area contributed by atoms with E-state index in [1.54, 1.807) is 58.9 Å². The first-order chi connectivity index (χ1) is 26.5. The maximum atomic E-state index is 13.1. The average molecular weight is 777 g/mol. The van der Waals surface area contributed by atoms with Crippen molar-refractivity contribution in [2.24, 2.45) is 23.3 Å². The summed E-state index contributed by atoms with van der Waals surface area (Å²) in [6.45, 7) is 11.8. The van der Waals surface area contributed by atoms with Crippen LogP contribution in [0.3, 0.4) is 0 Å². The van der Waals surface area contributed by atoms with Crippen LogP contribution in [0.4, 0.5) is 5.69 Å². The summed E-state index contributed by atoms with van der Waals surface area (Å²) in [7, 11) is 0. The Bertz CT molecular complexity index is 1950. The highest BCUT2D eigenvalue weighted by molar-refractivity contribution is 6.45. The smallest absolute Gasteiger partial charge is 0.345 e. The maximum absolute atomic E-state index is 13.1. The molecule has 0 spiro atoms. The molecular formula is C42H56N4O10. The van der Waals surface area contributed by atoms with Crippen molar-refractivity contribution in [2.75, 3.05) is 11.4 Å². The average Bonchev–Trinajstić information content (AvgIpc) is 3.58. The SMILES string of the molecule is Cc1c(C(=O)C(N)=O)c2c(OC(C(=O)O)C(C)C)cccc2n1CCCCCCCCCCN1c2cccc(OC(C(=O)O)C(C)C)c2C(C(=O)C(N)=O)C1C. The lowest BCUT2D eigenvalue weighted by Gasteiger charge is -2.26. The van der Waals surface area contributed by atoms with Gasteiger partial charge in [-0.2, -0.15) is 0 Å². The predicted molar refractivity (Wildman–Crippen MR) is 211 cm³/mol. The summed E-state index contributed by atoms with van der Waals surface area (Å²) in [5.41, 5.74) is 13.5. The number of primary amides is 2. The van der Waals surface area contributed by atoms with E-state index >= 15 is 0 Å². The number of carbonyl (C=O) groups excluding carboxylic acids is 4. The van der Waals surface area contributed by atoms with Gasteiger partial charge in [0.15, 0.2) is 12.2 Å². The molecule has 1 aliphatic rings. The number of nitrogens with two attached hydrogens (primary N) is 2. The molecule has 1 aromatic heterocycles. The molecule has 4 atom stereocenters. The third-order valence-electron chi connectivity index (χ3n) is 10.7. The van der Waals surface area contributed by atoms with Crippen LogP contribution in [0, 0.1) is 18.8 Å². The number of aromatic nitrogens is 1. The number of carbonyl (C=O) groups is 6. The quantitative estimate of drug-likeness (QED) is 0.0515. The molecule has 0 saturated heterocycles. The fourth-order valence-corrected chi connectivity index (χ4v) is 7.78. The van der Waals surface area contributed by atoms with E-state index in [1.807, 2.05) is 23.6 Å². The third kappa shape index (κ3) is 9.51. The Labute approximate surface area is 327 Å². The van der Waals surface area contributed by atoms with E-state index in [-0.39, 0.29) is 34.9 Å². The number of benzene rings is 2. The van der Waals surface area contributed by atoms with Crippen LogP contribution in [0.2, 0.25) is 0 Å². The van der Waals surface area contributed by atoms with Crippen LogP contribution in [0.15, 0.2) is 36.4 Å². The van der Waals surface area contributed by atoms with Crippen LogP contribution in [0.1, 0.15) is 114 Å². The Morgan fingerprint density at radius 2 is 1.21 bits per heavy atom. The molecule has 56 heavy (non-hydrogen) atoms. The fourth-order valence-electron chi connectivity index (χ4n) is 7.78. The van der Waals surface area contributed by atoms with Gasteiger partial charge >= 0.3 is 11.9 Å². The first-order valence-corrected chi connectivity index (χ1v) is 19.5. The number of Topliss-reactive ketones (excluding diaryl/α,β-unsaturated/α-hetero) is 2. The van der Waals surface area contributed by atoms with Crippen LogP contribution < -0.4 is 25.8 Å². The second-order valence-electron chi connectivity index (χ2n) is 15.4. The van der Waals surface area contributed by atoms with Crippen LogP contribution in [0.5, 0.6) is 11.5 Å². The lowest BCUT2D eigenvalue weighted by molar-refractivity contribution is -0.148. The zero-order chi connectivity index (χ0) is 41.4. The Morgan fingerprint density at radius 1 is 0.714 bits per heavy atom. The van der Waals surface area contributed by atoms with Gasteiger partial charge in [0.05, 0.1) is 22.4 Å². The minimum atomic E-state index is -1.15. The highest BCUT2D eigenvalue weighted by Gasteiger charge is 2.44. The van der Waals surface area contributed by atoms with E-state index in [9.17, 15) is 39.0 Å². The molecule has 304 valence electrons. The molecule has 14 nitrogen and oxygen atoms in total. The van der Waals surface area contributed by atoms with Gasteiger partial charge in [-0.1, -0.05) is 78.4 Å². The first-order valence-electron chi connectivity index (χ1n) is 19.5. The number of hydrogen-bond donors (Lipinski definition) is 4. The minimum absolute atomic E-state index is 0.129. The van der Waals surface area contributed by atoms with Crippen molar-refractivity contribution < 1.29 is 48.5 Å². The summed E-state index contributed by atoms with van der Waals surface area (Å²) >= 11 is 0. The molecule has 6 N–H and O–H groups in total. The Kier molecular flexibility index (Phi) is 14.7. The van der Waals surface area contributed by atoms with Crippen molar-refractivity contribution in [2.45, 2.75) is 124 Å². The number of ketones is 2. The molecular weight excluding hydrogens is 720 g/mol. The molecule has 3 aromatic rings. The van der Waals surface area contributed by atoms with Crippen molar-refractivity contribution in [3.63, 3.8) is 0 Å². The lowest BCUT2D eigenvalue weighted by atomic mass is 9.90. The number of carboxylic acids is 2. The number of rotatable bonds is 23. The molecule has 4 unspecified atom stereocenters. The van der Waals surface area contributed by atoms with Crippen molar-refractivity contribution >= 4 is 51.9 Å². The second-order valence-corrected chi connectivity index (χ2v) is 15.4. The highest BCUT2D eigenvalue weighted by Crippen LogP contribution is 2.47. The molecule has 2 amide bonds. The molecule has 0 radical (unpaired) electrons. The third-order valence-corrected chi connectivity index (χ3v) is 10.7. The topological polar surface area (TPSA) is 222 Å². The number of nitrogens with zero attached hydrogens (tertiary/aromatic N) is 2. The Balaban J connectivity index is 1.32. The zero-order valence-electron chi connectivity index (χ0n) is 33.2. The summed E-state index contributed by atoms with van der Waals surface area (Å²) in [4.78, 5) is 76.0. The molecule has 2 heterocycles. The van der Waals surface area contributed by atoms with Crippen molar-refractivity contribution in [1.82, 2.24) is 4.57 Å². The summed E-state index contributed by atoms with van der Waals surface area (Å²) in [5, 5.41) is 19.8. The van der Waals surface area contributed by atoms with Crippen LogP contribution in [-0.2, 0) is 30.5 Å². The molecule has 0 saturated carbocycles. The van der Waals surface area contributed by atoms with E-state index in [4.69, 9.17) is 20.9 Å². The van der Waals surface area contributed by atoms with E-state index in [0.717, 1.165) is 57.1 Å². The van der Waals surface area contributed by atoms with Gasteiger partial charge in [0, 0.05) is 47.9 Å². The number of anilines is 1. The van der Waals surface area contributed by atoms with Crippen LogP contribution in [-0.4, -0.2) is 74.9 Å². The summed E-state index contributed by atoms with van der Waals surface area (Å²) in [6, 6.07) is 10.1. The summed E-state index contributed by atoms with van der Waals surface area (Å²) in [5.74, 6) is -7.03.